The molecule has 1 unspecified atom stereocenters. The van der Waals surface area contributed by atoms with Crippen LogP contribution in [0.4, 0.5) is 13.2 Å². The first-order chi connectivity index (χ1) is 11.2. The SMILES string of the molecule is CC(CN(C(=O)c1ccc(OCC(F)(F)F)cc1)C1CC1)C(=O)O. The molecule has 0 radical (unpaired) electrons. The maximum Gasteiger partial charge on any atom is 0.422 e. The van der Waals surface area contributed by atoms with E-state index < -0.39 is 24.7 Å². The van der Waals surface area contributed by atoms with Gasteiger partial charge in [-0.15, -0.1) is 0 Å². The van der Waals surface area contributed by atoms with Crippen molar-refractivity contribution < 1.29 is 32.6 Å². The van der Waals surface area contributed by atoms with Gasteiger partial charge in [0.2, 0.25) is 0 Å². The van der Waals surface area contributed by atoms with Crippen LogP contribution in [0.1, 0.15) is 30.1 Å². The standard InChI is InChI=1S/C16H18F3NO4/c1-10(15(22)23)8-20(12-4-5-12)14(21)11-2-6-13(7-3-11)24-9-16(17,18)19/h2-3,6-7,10,12H,4-5,8-9H2,1H3,(H,22,23). The second-order valence-electron chi connectivity index (χ2n) is 5.86. The van der Waals surface area contributed by atoms with Crippen LogP contribution in [-0.2, 0) is 4.79 Å². The van der Waals surface area contributed by atoms with E-state index in [4.69, 9.17) is 5.11 Å². The maximum absolute atomic E-state index is 12.5. The molecular weight excluding hydrogens is 327 g/mol. The molecule has 0 saturated heterocycles. The molecule has 1 aromatic rings. The molecule has 1 amide bonds. The normalized spacial score (nSPS) is 15.7. The van der Waals surface area contributed by atoms with E-state index in [0.29, 0.717) is 5.56 Å². The van der Waals surface area contributed by atoms with E-state index in [-0.39, 0.29) is 24.2 Å². The lowest BCUT2D eigenvalue weighted by Gasteiger charge is -2.24. The number of carboxylic acid groups (broad SMARTS) is 1. The summed E-state index contributed by atoms with van der Waals surface area (Å²) in [6.45, 7) is 0.231. The van der Waals surface area contributed by atoms with Gasteiger partial charge in [-0.1, -0.05) is 6.92 Å². The summed E-state index contributed by atoms with van der Waals surface area (Å²) in [6, 6.07) is 5.39. The zero-order valence-electron chi connectivity index (χ0n) is 13.0. The van der Waals surface area contributed by atoms with E-state index in [0.717, 1.165) is 12.8 Å². The molecule has 1 N–H and O–H groups in total. The Hall–Kier alpha value is -2.25. The minimum Gasteiger partial charge on any atom is -0.484 e. The summed E-state index contributed by atoms with van der Waals surface area (Å²) in [4.78, 5) is 25.0. The van der Waals surface area contributed by atoms with Crippen molar-refractivity contribution in [2.75, 3.05) is 13.2 Å². The number of benzene rings is 1. The van der Waals surface area contributed by atoms with Crippen LogP contribution in [-0.4, -0.2) is 47.3 Å². The summed E-state index contributed by atoms with van der Waals surface area (Å²) in [6.07, 6.45) is -2.78. The third-order valence-corrected chi connectivity index (χ3v) is 3.64. The van der Waals surface area contributed by atoms with Crippen LogP contribution in [0.2, 0.25) is 0 Å². The third-order valence-electron chi connectivity index (χ3n) is 3.64. The average molecular weight is 345 g/mol. The van der Waals surface area contributed by atoms with Gasteiger partial charge in [-0.2, -0.15) is 13.2 Å². The molecule has 132 valence electrons. The highest BCUT2D eigenvalue weighted by molar-refractivity contribution is 5.95. The molecule has 1 aliphatic rings. The molecule has 5 nitrogen and oxygen atoms in total. The van der Waals surface area contributed by atoms with Crippen molar-refractivity contribution in [3.63, 3.8) is 0 Å². The van der Waals surface area contributed by atoms with Gasteiger partial charge in [0.25, 0.3) is 5.91 Å². The van der Waals surface area contributed by atoms with Crippen LogP contribution in [0, 0.1) is 5.92 Å². The summed E-state index contributed by atoms with van der Waals surface area (Å²) in [7, 11) is 0. The lowest BCUT2D eigenvalue weighted by molar-refractivity contribution is -0.153. The Balaban J connectivity index is 2.03. The monoisotopic (exact) mass is 345 g/mol. The van der Waals surface area contributed by atoms with Gasteiger partial charge in [-0.05, 0) is 37.1 Å². The minimum atomic E-state index is -4.43. The van der Waals surface area contributed by atoms with E-state index in [9.17, 15) is 22.8 Å². The van der Waals surface area contributed by atoms with Crippen LogP contribution in [0.15, 0.2) is 24.3 Å². The summed E-state index contributed by atoms with van der Waals surface area (Å²) in [5, 5.41) is 9.00. The molecule has 0 heterocycles. The summed E-state index contributed by atoms with van der Waals surface area (Å²) in [5.41, 5.74) is 0.291. The van der Waals surface area contributed by atoms with Crippen LogP contribution < -0.4 is 4.74 Å². The molecule has 0 bridgehead atoms. The van der Waals surface area contributed by atoms with Gasteiger partial charge < -0.3 is 14.7 Å². The van der Waals surface area contributed by atoms with E-state index in [1.165, 1.54) is 36.1 Å². The van der Waals surface area contributed by atoms with E-state index in [2.05, 4.69) is 4.74 Å². The fourth-order valence-electron chi connectivity index (χ4n) is 2.18. The molecule has 2 rings (SSSR count). The molecule has 1 aliphatic carbocycles. The molecule has 0 aliphatic heterocycles. The summed E-state index contributed by atoms with van der Waals surface area (Å²) < 4.78 is 40.9. The fourth-order valence-corrected chi connectivity index (χ4v) is 2.18. The minimum absolute atomic E-state index is 0.0146. The van der Waals surface area contributed by atoms with Gasteiger partial charge in [0.15, 0.2) is 6.61 Å². The number of hydrogen-bond acceptors (Lipinski definition) is 3. The number of carbonyl (C=O) groups is 2. The second-order valence-corrected chi connectivity index (χ2v) is 5.86. The first-order valence-electron chi connectivity index (χ1n) is 7.51. The maximum atomic E-state index is 12.5. The Bertz CT molecular complexity index is 596. The predicted molar refractivity (Wildman–Crippen MR) is 78.9 cm³/mol. The van der Waals surface area contributed by atoms with Crippen molar-refractivity contribution >= 4 is 11.9 Å². The number of nitrogens with zero attached hydrogens (tertiary/aromatic N) is 1. The Morgan fingerprint density at radius 3 is 2.33 bits per heavy atom. The van der Waals surface area contributed by atoms with Gasteiger partial charge in [-0.3, -0.25) is 9.59 Å². The van der Waals surface area contributed by atoms with Crippen molar-refractivity contribution in [1.29, 1.82) is 0 Å². The van der Waals surface area contributed by atoms with Crippen molar-refractivity contribution in [2.24, 2.45) is 5.92 Å². The average Bonchev–Trinajstić information content (AvgIpc) is 3.34. The third kappa shape index (κ3) is 5.14. The zero-order valence-corrected chi connectivity index (χ0v) is 13.0. The Labute approximate surface area is 137 Å². The first-order valence-corrected chi connectivity index (χ1v) is 7.51. The van der Waals surface area contributed by atoms with Gasteiger partial charge >= 0.3 is 12.1 Å². The molecule has 8 heteroatoms. The molecule has 1 fully saturated rings. The topological polar surface area (TPSA) is 66.8 Å². The van der Waals surface area contributed by atoms with Crippen molar-refractivity contribution in [1.82, 2.24) is 4.90 Å². The molecular formula is C16H18F3NO4. The van der Waals surface area contributed by atoms with Crippen molar-refractivity contribution in [3.8, 4) is 5.75 Å². The molecule has 1 saturated carbocycles. The Morgan fingerprint density at radius 2 is 1.88 bits per heavy atom. The Kier molecular flexibility index (Phi) is 5.36. The molecule has 24 heavy (non-hydrogen) atoms. The van der Waals surface area contributed by atoms with Gasteiger partial charge in [0.1, 0.15) is 5.75 Å². The Morgan fingerprint density at radius 1 is 1.29 bits per heavy atom. The van der Waals surface area contributed by atoms with E-state index in [1.807, 2.05) is 0 Å². The summed E-state index contributed by atoms with van der Waals surface area (Å²) in [5.74, 6) is -1.98. The first kappa shape index (κ1) is 18.1. The number of amides is 1. The quantitative estimate of drug-likeness (QED) is 0.825. The van der Waals surface area contributed by atoms with Crippen LogP contribution in [0.5, 0.6) is 5.75 Å². The van der Waals surface area contributed by atoms with Crippen molar-refractivity contribution in [3.05, 3.63) is 29.8 Å². The molecule has 1 atom stereocenters. The number of carbonyl (C=O) groups excluding carboxylic acids is 1. The van der Waals surface area contributed by atoms with Gasteiger partial charge in [0.05, 0.1) is 5.92 Å². The lowest BCUT2D eigenvalue weighted by Crippen LogP contribution is -2.38. The van der Waals surface area contributed by atoms with Gasteiger partial charge in [-0.25, -0.2) is 0 Å². The highest BCUT2D eigenvalue weighted by atomic mass is 19.4. The largest absolute Gasteiger partial charge is 0.484 e. The lowest BCUT2D eigenvalue weighted by atomic mass is 10.1. The highest BCUT2D eigenvalue weighted by Gasteiger charge is 2.35. The van der Waals surface area contributed by atoms with Crippen LogP contribution >= 0.6 is 0 Å². The van der Waals surface area contributed by atoms with E-state index >= 15 is 0 Å². The molecule has 0 spiro atoms. The van der Waals surface area contributed by atoms with E-state index in [1.54, 1.807) is 0 Å². The number of alkyl halides is 3. The zero-order chi connectivity index (χ0) is 17.9. The number of hydrogen-bond donors (Lipinski definition) is 1. The fraction of sp³-hybridized carbons (Fsp3) is 0.500. The molecule has 0 aromatic heterocycles. The van der Waals surface area contributed by atoms with Gasteiger partial charge in [0, 0.05) is 18.2 Å². The van der Waals surface area contributed by atoms with Crippen LogP contribution in [0.3, 0.4) is 0 Å². The number of rotatable bonds is 7. The highest BCUT2D eigenvalue weighted by Crippen LogP contribution is 2.29. The van der Waals surface area contributed by atoms with Crippen LogP contribution in [0.25, 0.3) is 0 Å². The number of halogens is 3. The molecule has 1 aromatic carbocycles. The smallest absolute Gasteiger partial charge is 0.422 e. The second kappa shape index (κ2) is 7.11. The number of ether oxygens (including phenoxy) is 1. The predicted octanol–water partition coefficient (Wildman–Crippen LogP) is 2.95. The number of carboxylic acids is 1. The van der Waals surface area contributed by atoms with Crippen molar-refractivity contribution in [2.45, 2.75) is 32.0 Å². The number of aliphatic carboxylic acids is 1. The summed E-state index contributed by atoms with van der Waals surface area (Å²) >= 11 is 0.